The van der Waals surface area contributed by atoms with Gasteiger partial charge in [-0.25, -0.2) is 8.42 Å². The number of ether oxygens (including phenoxy) is 1. The normalized spacial score (nSPS) is 25.7. The maximum absolute atomic E-state index is 12.2. The fourth-order valence-electron chi connectivity index (χ4n) is 2.84. The number of nitrogens with one attached hydrogen (secondary N) is 1. The summed E-state index contributed by atoms with van der Waals surface area (Å²) in [5.41, 5.74) is 0. The summed E-state index contributed by atoms with van der Waals surface area (Å²) in [5.74, 6) is -0.173. The second kappa shape index (κ2) is 7.53. The number of sulfonamides is 1. The molecule has 2 heterocycles. The quantitative estimate of drug-likeness (QED) is 0.721. The van der Waals surface area contributed by atoms with Crippen LogP contribution in [0.1, 0.15) is 19.3 Å². The third-order valence-corrected chi connectivity index (χ3v) is 5.30. The molecule has 8 heteroatoms. The summed E-state index contributed by atoms with van der Waals surface area (Å²) < 4.78 is 30.1. The molecule has 1 amide bonds. The summed E-state index contributed by atoms with van der Waals surface area (Å²) >= 11 is 0. The zero-order valence-corrected chi connectivity index (χ0v) is 13.4. The first kappa shape index (κ1) is 16.7. The Kier molecular flexibility index (Phi) is 5.98. The molecule has 2 aliphatic rings. The van der Waals surface area contributed by atoms with Crippen LogP contribution in [0.3, 0.4) is 0 Å². The highest BCUT2D eigenvalue weighted by Crippen LogP contribution is 2.19. The van der Waals surface area contributed by atoms with Crippen LogP contribution in [0.15, 0.2) is 0 Å². The van der Waals surface area contributed by atoms with Crippen LogP contribution in [-0.2, 0) is 19.6 Å². The Morgan fingerprint density at radius 1 is 1.24 bits per heavy atom. The number of hydrogen-bond donors (Lipinski definition) is 1. The predicted octanol–water partition coefficient (Wildman–Crippen LogP) is -0.751. The lowest BCUT2D eigenvalue weighted by Gasteiger charge is -2.33. The number of rotatable bonds is 5. The van der Waals surface area contributed by atoms with E-state index in [-0.39, 0.29) is 5.91 Å². The van der Waals surface area contributed by atoms with E-state index in [2.05, 4.69) is 10.2 Å². The smallest absolute Gasteiger partial charge is 0.238 e. The Bertz CT molecular complexity index is 448. The zero-order valence-electron chi connectivity index (χ0n) is 12.6. The maximum atomic E-state index is 12.2. The minimum absolute atomic E-state index is 0.173. The summed E-state index contributed by atoms with van der Waals surface area (Å²) in [4.78, 5) is 14.5. The zero-order chi connectivity index (χ0) is 15.3. The highest BCUT2D eigenvalue weighted by Gasteiger charge is 2.34. The van der Waals surface area contributed by atoms with Crippen molar-refractivity contribution < 1.29 is 17.9 Å². The second-order valence-corrected chi connectivity index (χ2v) is 7.57. The van der Waals surface area contributed by atoms with Crippen LogP contribution in [0.5, 0.6) is 0 Å². The molecule has 2 rings (SSSR count). The monoisotopic (exact) mass is 319 g/mol. The topological polar surface area (TPSA) is 79.0 Å². The molecule has 2 fully saturated rings. The molecular formula is C13H25N3O4S. The van der Waals surface area contributed by atoms with Crippen molar-refractivity contribution in [2.45, 2.75) is 25.3 Å². The van der Waals surface area contributed by atoms with Gasteiger partial charge < -0.3 is 10.1 Å². The van der Waals surface area contributed by atoms with Crippen LogP contribution in [0.25, 0.3) is 0 Å². The molecule has 0 spiro atoms. The van der Waals surface area contributed by atoms with E-state index >= 15 is 0 Å². The fraction of sp³-hybridized carbons (Fsp3) is 0.923. The summed E-state index contributed by atoms with van der Waals surface area (Å²) in [7, 11) is -3.32. The van der Waals surface area contributed by atoms with Gasteiger partial charge in [-0.05, 0) is 12.8 Å². The lowest BCUT2D eigenvalue weighted by molar-refractivity contribution is -0.125. The predicted molar refractivity (Wildman–Crippen MR) is 79.5 cm³/mol. The average molecular weight is 319 g/mol. The first-order chi connectivity index (χ1) is 9.98. The number of morpholine rings is 1. The molecule has 2 saturated heterocycles. The summed E-state index contributed by atoms with van der Waals surface area (Å²) in [5, 5.41) is 2.87. The third-order valence-electron chi connectivity index (χ3n) is 4.01. The number of carbonyl (C=O) groups is 1. The highest BCUT2D eigenvalue weighted by atomic mass is 32.2. The van der Waals surface area contributed by atoms with Gasteiger partial charge in [-0.1, -0.05) is 6.42 Å². The van der Waals surface area contributed by atoms with E-state index in [0.29, 0.717) is 19.5 Å². The standard InChI is InChI=1S/C13H25N3O4S/c1-21(18,19)16-6-3-2-4-12(16)13(17)14-5-7-15-8-10-20-11-9-15/h12H,2-11H2,1H3,(H,14,17)/t12-/m1/s1. The molecule has 7 nitrogen and oxygen atoms in total. The van der Waals surface area contributed by atoms with Gasteiger partial charge >= 0.3 is 0 Å². The van der Waals surface area contributed by atoms with Gasteiger partial charge in [-0.2, -0.15) is 4.31 Å². The van der Waals surface area contributed by atoms with Crippen molar-refractivity contribution in [1.82, 2.24) is 14.5 Å². The Morgan fingerprint density at radius 3 is 2.62 bits per heavy atom. The maximum Gasteiger partial charge on any atom is 0.238 e. The third kappa shape index (κ3) is 4.91. The first-order valence-corrected chi connectivity index (χ1v) is 9.38. The van der Waals surface area contributed by atoms with Gasteiger partial charge in [0, 0.05) is 32.7 Å². The Morgan fingerprint density at radius 2 is 1.95 bits per heavy atom. The number of piperidine rings is 1. The SMILES string of the molecule is CS(=O)(=O)N1CCCC[C@@H]1C(=O)NCCN1CCOCC1. The molecular weight excluding hydrogens is 294 g/mol. The van der Waals surface area contributed by atoms with E-state index in [1.165, 1.54) is 10.6 Å². The van der Waals surface area contributed by atoms with E-state index in [0.717, 1.165) is 45.7 Å². The molecule has 21 heavy (non-hydrogen) atoms. The van der Waals surface area contributed by atoms with Crippen molar-refractivity contribution in [1.29, 1.82) is 0 Å². The van der Waals surface area contributed by atoms with Gasteiger partial charge in [0.05, 0.1) is 19.5 Å². The van der Waals surface area contributed by atoms with Crippen LogP contribution in [0.4, 0.5) is 0 Å². The molecule has 0 aromatic heterocycles. The van der Waals surface area contributed by atoms with Gasteiger partial charge in [-0.15, -0.1) is 0 Å². The van der Waals surface area contributed by atoms with Gasteiger partial charge in [0.1, 0.15) is 6.04 Å². The van der Waals surface area contributed by atoms with E-state index < -0.39 is 16.1 Å². The summed E-state index contributed by atoms with van der Waals surface area (Å²) in [6.45, 7) is 5.01. The molecule has 1 N–H and O–H groups in total. The molecule has 0 aliphatic carbocycles. The van der Waals surface area contributed by atoms with Crippen molar-refractivity contribution >= 4 is 15.9 Å². The van der Waals surface area contributed by atoms with Crippen LogP contribution < -0.4 is 5.32 Å². The molecule has 0 aromatic rings. The Balaban J connectivity index is 1.80. The molecule has 2 aliphatic heterocycles. The van der Waals surface area contributed by atoms with Crippen LogP contribution in [-0.4, -0.2) is 81.8 Å². The van der Waals surface area contributed by atoms with Gasteiger partial charge in [0.2, 0.25) is 15.9 Å². The van der Waals surface area contributed by atoms with Gasteiger partial charge in [0.15, 0.2) is 0 Å². The highest BCUT2D eigenvalue weighted by molar-refractivity contribution is 7.88. The Labute approximate surface area is 126 Å². The molecule has 0 bridgehead atoms. The Hall–Kier alpha value is -0.700. The number of carbonyl (C=O) groups excluding carboxylic acids is 1. The van der Waals surface area contributed by atoms with Crippen LogP contribution in [0, 0.1) is 0 Å². The molecule has 0 unspecified atom stereocenters. The van der Waals surface area contributed by atoms with Crippen molar-refractivity contribution in [2.75, 3.05) is 52.2 Å². The van der Waals surface area contributed by atoms with Crippen LogP contribution >= 0.6 is 0 Å². The number of nitrogens with zero attached hydrogens (tertiary/aromatic N) is 2. The van der Waals surface area contributed by atoms with Gasteiger partial charge in [-0.3, -0.25) is 9.69 Å². The summed E-state index contributed by atoms with van der Waals surface area (Å²) in [6.07, 6.45) is 3.50. The van der Waals surface area contributed by atoms with Crippen molar-refractivity contribution in [3.8, 4) is 0 Å². The minimum Gasteiger partial charge on any atom is -0.379 e. The molecule has 0 saturated carbocycles. The summed E-state index contributed by atoms with van der Waals surface area (Å²) in [6, 6.07) is -0.543. The largest absolute Gasteiger partial charge is 0.379 e. The van der Waals surface area contributed by atoms with Crippen molar-refractivity contribution in [3.05, 3.63) is 0 Å². The van der Waals surface area contributed by atoms with E-state index in [1.54, 1.807) is 0 Å². The van der Waals surface area contributed by atoms with E-state index in [4.69, 9.17) is 4.74 Å². The fourth-order valence-corrected chi connectivity index (χ4v) is 3.97. The average Bonchev–Trinajstić information content (AvgIpc) is 2.47. The molecule has 0 aromatic carbocycles. The molecule has 0 radical (unpaired) electrons. The lowest BCUT2D eigenvalue weighted by atomic mass is 10.0. The van der Waals surface area contributed by atoms with E-state index in [9.17, 15) is 13.2 Å². The second-order valence-electron chi connectivity index (χ2n) is 5.63. The first-order valence-electron chi connectivity index (χ1n) is 7.53. The molecule has 1 atom stereocenters. The van der Waals surface area contributed by atoms with E-state index in [1.807, 2.05) is 0 Å². The van der Waals surface area contributed by atoms with Gasteiger partial charge in [0.25, 0.3) is 0 Å². The van der Waals surface area contributed by atoms with Crippen molar-refractivity contribution in [2.24, 2.45) is 0 Å². The lowest BCUT2D eigenvalue weighted by Crippen LogP contribution is -2.52. The number of amides is 1. The van der Waals surface area contributed by atoms with Crippen molar-refractivity contribution in [3.63, 3.8) is 0 Å². The van der Waals surface area contributed by atoms with Crippen LogP contribution in [0.2, 0.25) is 0 Å². The molecule has 122 valence electrons. The number of hydrogen-bond acceptors (Lipinski definition) is 5. The minimum atomic E-state index is -3.32.